The van der Waals surface area contributed by atoms with Crippen molar-refractivity contribution in [2.75, 3.05) is 32.8 Å². The Labute approximate surface area is 104 Å². The fourth-order valence-electron chi connectivity index (χ4n) is 2.24. The molecule has 94 valence electrons. The van der Waals surface area contributed by atoms with Crippen LogP contribution in [-0.2, 0) is 0 Å². The lowest BCUT2D eigenvalue weighted by Crippen LogP contribution is -2.50. The Morgan fingerprint density at radius 1 is 1.24 bits per heavy atom. The third-order valence-electron chi connectivity index (χ3n) is 3.32. The number of nitrogens with one attached hydrogen (secondary N) is 1. The summed E-state index contributed by atoms with van der Waals surface area (Å²) in [6.45, 7) is 7.50. The topological polar surface area (TPSA) is 24.5 Å². The molecule has 1 aromatic carbocycles. The average Bonchev–Trinajstić information content (AvgIpc) is 2.42. The third-order valence-corrected chi connectivity index (χ3v) is 3.32. The minimum Gasteiger partial charge on any atom is -0.492 e. The van der Waals surface area contributed by atoms with Crippen molar-refractivity contribution in [2.45, 2.75) is 19.4 Å². The summed E-state index contributed by atoms with van der Waals surface area (Å²) in [6.07, 6.45) is 1.15. The highest BCUT2D eigenvalue weighted by Crippen LogP contribution is 2.12. The zero-order valence-electron chi connectivity index (χ0n) is 10.6. The molecule has 1 atom stereocenters. The molecular formula is C14H22N2O. The van der Waals surface area contributed by atoms with Crippen LogP contribution in [-0.4, -0.2) is 43.7 Å². The van der Waals surface area contributed by atoms with Crippen molar-refractivity contribution >= 4 is 0 Å². The Hall–Kier alpha value is -1.06. The number of hydrogen-bond acceptors (Lipinski definition) is 3. The number of rotatable bonds is 5. The number of ether oxygens (including phenoxy) is 1. The molecule has 1 heterocycles. The van der Waals surface area contributed by atoms with Gasteiger partial charge in [-0.1, -0.05) is 25.1 Å². The lowest BCUT2D eigenvalue weighted by molar-refractivity contribution is 0.118. The van der Waals surface area contributed by atoms with Gasteiger partial charge in [0.15, 0.2) is 0 Å². The van der Waals surface area contributed by atoms with Gasteiger partial charge in [-0.15, -0.1) is 0 Å². The zero-order chi connectivity index (χ0) is 11.9. The van der Waals surface area contributed by atoms with E-state index in [2.05, 4.69) is 17.1 Å². The summed E-state index contributed by atoms with van der Waals surface area (Å²) in [4.78, 5) is 2.53. The predicted molar refractivity (Wildman–Crippen MR) is 70.5 cm³/mol. The fraction of sp³-hybridized carbons (Fsp3) is 0.571. The van der Waals surface area contributed by atoms with Crippen LogP contribution in [0, 0.1) is 0 Å². The van der Waals surface area contributed by atoms with Gasteiger partial charge < -0.3 is 10.1 Å². The molecule has 3 heteroatoms. The van der Waals surface area contributed by atoms with Crippen LogP contribution in [0.25, 0.3) is 0 Å². The molecule has 3 nitrogen and oxygen atoms in total. The van der Waals surface area contributed by atoms with Gasteiger partial charge in [0.2, 0.25) is 0 Å². The molecule has 0 aromatic heterocycles. The molecule has 2 rings (SSSR count). The molecule has 0 aliphatic carbocycles. The molecule has 17 heavy (non-hydrogen) atoms. The molecule has 0 radical (unpaired) electrons. The molecule has 1 N–H and O–H groups in total. The van der Waals surface area contributed by atoms with Crippen molar-refractivity contribution in [2.24, 2.45) is 0 Å². The van der Waals surface area contributed by atoms with Crippen LogP contribution in [0.15, 0.2) is 30.3 Å². The Bertz CT molecular complexity index is 309. The molecule has 0 spiro atoms. The predicted octanol–water partition coefficient (Wildman–Crippen LogP) is 1.75. The largest absolute Gasteiger partial charge is 0.492 e. The molecular weight excluding hydrogens is 212 g/mol. The van der Waals surface area contributed by atoms with Crippen LogP contribution in [0.3, 0.4) is 0 Å². The minimum atomic E-state index is 0.539. The Morgan fingerprint density at radius 3 is 2.59 bits per heavy atom. The summed E-state index contributed by atoms with van der Waals surface area (Å²) >= 11 is 0. The highest BCUT2D eigenvalue weighted by molar-refractivity contribution is 5.20. The Balaban J connectivity index is 1.82. The molecule has 0 saturated carbocycles. The van der Waals surface area contributed by atoms with E-state index in [9.17, 15) is 0 Å². The van der Waals surface area contributed by atoms with E-state index >= 15 is 0 Å². The molecule has 0 bridgehead atoms. The van der Waals surface area contributed by atoms with E-state index in [1.807, 2.05) is 30.3 Å². The van der Waals surface area contributed by atoms with Gasteiger partial charge in [-0.2, -0.15) is 0 Å². The van der Waals surface area contributed by atoms with Crippen molar-refractivity contribution in [3.63, 3.8) is 0 Å². The molecule has 1 aliphatic heterocycles. The van der Waals surface area contributed by atoms with E-state index in [1.165, 1.54) is 0 Å². The highest BCUT2D eigenvalue weighted by atomic mass is 16.5. The van der Waals surface area contributed by atoms with E-state index in [0.29, 0.717) is 6.04 Å². The summed E-state index contributed by atoms with van der Waals surface area (Å²) in [5.74, 6) is 0.973. The Kier molecular flexibility index (Phi) is 4.83. The van der Waals surface area contributed by atoms with Gasteiger partial charge in [0.25, 0.3) is 0 Å². The number of benzene rings is 1. The summed E-state index contributed by atoms with van der Waals surface area (Å²) in [6, 6.07) is 10.6. The molecule has 1 aliphatic rings. The maximum Gasteiger partial charge on any atom is 0.119 e. The normalized spacial score (nSPS) is 18.9. The molecule has 1 unspecified atom stereocenters. The van der Waals surface area contributed by atoms with Crippen LogP contribution in [0.5, 0.6) is 5.75 Å². The lowest BCUT2D eigenvalue weighted by atomic mass is 10.2. The summed E-state index contributed by atoms with van der Waals surface area (Å²) < 4.78 is 5.85. The average molecular weight is 234 g/mol. The lowest BCUT2D eigenvalue weighted by Gasteiger charge is -2.34. The van der Waals surface area contributed by atoms with Crippen LogP contribution in [0.4, 0.5) is 0 Å². The van der Waals surface area contributed by atoms with Gasteiger partial charge in [0.05, 0.1) is 0 Å². The Morgan fingerprint density at radius 2 is 1.94 bits per heavy atom. The second-order valence-corrected chi connectivity index (χ2v) is 4.47. The molecule has 1 fully saturated rings. The molecule has 1 aromatic rings. The SMILES string of the molecule is CCC(COc1ccccc1)N1CCNCC1. The second-order valence-electron chi connectivity index (χ2n) is 4.47. The van der Waals surface area contributed by atoms with E-state index in [1.54, 1.807) is 0 Å². The number of hydrogen-bond donors (Lipinski definition) is 1. The van der Waals surface area contributed by atoms with E-state index < -0.39 is 0 Å². The fourth-order valence-corrected chi connectivity index (χ4v) is 2.24. The number of para-hydroxylation sites is 1. The minimum absolute atomic E-state index is 0.539. The number of piperazine rings is 1. The maximum absolute atomic E-state index is 5.85. The zero-order valence-corrected chi connectivity index (χ0v) is 10.6. The smallest absolute Gasteiger partial charge is 0.119 e. The maximum atomic E-state index is 5.85. The first-order chi connectivity index (χ1) is 8.40. The highest BCUT2D eigenvalue weighted by Gasteiger charge is 2.19. The van der Waals surface area contributed by atoms with Gasteiger partial charge in [-0.05, 0) is 18.6 Å². The van der Waals surface area contributed by atoms with Gasteiger partial charge in [0.1, 0.15) is 12.4 Å². The molecule has 1 saturated heterocycles. The standard InChI is InChI=1S/C14H22N2O/c1-2-13(16-10-8-15-9-11-16)12-17-14-6-4-3-5-7-14/h3-7,13,15H,2,8-12H2,1H3. The van der Waals surface area contributed by atoms with E-state index in [4.69, 9.17) is 4.74 Å². The summed E-state index contributed by atoms with van der Waals surface area (Å²) in [7, 11) is 0. The third kappa shape index (κ3) is 3.72. The van der Waals surface area contributed by atoms with Crippen LogP contribution >= 0.6 is 0 Å². The monoisotopic (exact) mass is 234 g/mol. The van der Waals surface area contributed by atoms with Crippen molar-refractivity contribution in [3.05, 3.63) is 30.3 Å². The molecule has 0 amide bonds. The van der Waals surface area contributed by atoms with Crippen molar-refractivity contribution in [1.29, 1.82) is 0 Å². The van der Waals surface area contributed by atoms with Gasteiger partial charge >= 0.3 is 0 Å². The summed E-state index contributed by atoms with van der Waals surface area (Å²) in [5.41, 5.74) is 0. The van der Waals surface area contributed by atoms with E-state index in [-0.39, 0.29) is 0 Å². The second kappa shape index (κ2) is 6.62. The van der Waals surface area contributed by atoms with Crippen molar-refractivity contribution in [3.8, 4) is 5.75 Å². The van der Waals surface area contributed by atoms with E-state index in [0.717, 1.165) is 45.0 Å². The summed E-state index contributed by atoms with van der Waals surface area (Å²) in [5, 5.41) is 3.38. The number of nitrogens with zero attached hydrogens (tertiary/aromatic N) is 1. The quantitative estimate of drug-likeness (QED) is 0.840. The van der Waals surface area contributed by atoms with Gasteiger partial charge in [-0.25, -0.2) is 0 Å². The van der Waals surface area contributed by atoms with Gasteiger partial charge in [-0.3, -0.25) is 4.90 Å². The van der Waals surface area contributed by atoms with Crippen molar-refractivity contribution in [1.82, 2.24) is 10.2 Å². The van der Waals surface area contributed by atoms with Crippen molar-refractivity contribution < 1.29 is 4.74 Å². The van der Waals surface area contributed by atoms with Crippen LogP contribution in [0.2, 0.25) is 0 Å². The first-order valence-electron chi connectivity index (χ1n) is 6.52. The first kappa shape index (κ1) is 12.4. The van der Waals surface area contributed by atoms with Crippen LogP contribution < -0.4 is 10.1 Å². The first-order valence-corrected chi connectivity index (χ1v) is 6.52. The van der Waals surface area contributed by atoms with Crippen LogP contribution in [0.1, 0.15) is 13.3 Å². The van der Waals surface area contributed by atoms with Gasteiger partial charge in [0, 0.05) is 32.2 Å².